The SMILES string of the molecule is COCCCOc1cc(CC(CC(N)C(O)CNC(C)C(N)=O)C(C)C)ccc1OC. The van der Waals surface area contributed by atoms with Gasteiger partial charge in [-0.1, -0.05) is 19.9 Å². The number of benzene rings is 1. The lowest BCUT2D eigenvalue weighted by Crippen LogP contribution is -2.48. The maximum atomic E-state index is 11.1. The van der Waals surface area contributed by atoms with E-state index in [1.807, 2.05) is 18.2 Å². The summed E-state index contributed by atoms with van der Waals surface area (Å²) in [6, 6.07) is 5.04. The average molecular weight is 440 g/mol. The van der Waals surface area contributed by atoms with E-state index >= 15 is 0 Å². The van der Waals surface area contributed by atoms with Crippen LogP contribution in [0.5, 0.6) is 11.5 Å². The van der Waals surface area contributed by atoms with Gasteiger partial charge in [0.05, 0.1) is 25.9 Å². The highest BCUT2D eigenvalue weighted by molar-refractivity contribution is 5.79. The molecule has 1 aromatic rings. The van der Waals surface area contributed by atoms with E-state index in [1.54, 1.807) is 21.1 Å². The Kier molecular flexibility index (Phi) is 12.5. The van der Waals surface area contributed by atoms with Crippen LogP contribution in [0.25, 0.3) is 0 Å². The molecular formula is C23H41N3O5. The zero-order valence-electron chi connectivity index (χ0n) is 19.6. The van der Waals surface area contributed by atoms with Crippen LogP contribution < -0.4 is 26.3 Å². The molecule has 0 saturated carbocycles. The molecule has 1 amide bonds. The maximum Gasteiger partial charge on any atom is 0.234 e. The van der Waals surface area contributed by atoms with Gasteiger partial charge in [-0.05, 0) is 49.3 Å². The topological polar surface area (TPSA) is 129 Å². The van der Waals surface area contributed by atoms with Crippen molar-refractivity contribution >= 4 is 5.91 Å². The second-order valence-electron chi connectivity index (χ2n) is 8.39. The van der Waals surface area contributed by atoms with E-state index in [9.17, 15) is 9.90 Å². The summed E-state index contributed by atoms with van der Waals surface area (Å²) >= 11 is 0. The maximum absolute atomic E-state index is 11.1. The number of carbonyl (C=O) groups is 1. The number of primary amides is 1. The monoisotopic (exact) mass is 439 g/mol. The molecule has 1 aromatic carbocycles. The molecule has 178 valence electrons. The minimum atomic E-state index is -0.765. The van der Waals surface area contributed by atoms with Crippen molar-refractivity contribution in [2.45, 2.75) is 58.2 Å². The third-order valence-electron chi connectivity index (χ3n) is 5.55. The first-order valence-electron chi connectivity index (χ1n) is 10.9. The van der Waals surface area contributed by atoms with Crippen molar-refractivity contribution in [1.29, 1.82) is 0 Å². The van der Waals surface area contributed by atoms with Crippen LogP contribution in [0.15, 0.2) is 18.2 Å². The first-order chi connectivity index (χ1) is 14.7. The predicted molar refractivity (Wildman–Crippen MR) is 122 cm³/mol. The summed E-state index contributed by atoms with van der Waals surface area (Å²) in [6.07, 6.45) is 1.50. The zero-order chi connectivity index (χ0) is 23.4. The molecule has 1 rings (SSSR count). The van der Waals surface area contributed by atoms with Crippen molar-refractivity contribution in [1.82, 2.24) is 5.32 Å². The van der Waals surface area contributed by atoms with Crippen molar-refractivity contribution in [2.75, 3.05) is 34.0 Å². The number of methoxy groups -OCH3 is 2. The van der Waals surface area contributed by atoms with Gasteiger partial charge in [-0.3, -0.25) is 4.79 Å². The minimum absolute atomic E-state index is 0.220. The molecule has 0 heterocycles. The Labute approximate surface area is 186 Å². The molecule has 0 aliphatic carbocycles. The third-order valence-corrected chi connectivity index (χ3v) is 5.55. The van der Waals surface area contributed by atoms with Crippen molar-refractivity contribution in [2.24, 2.45) is 23.3 Å². The van der Waals surface area contributed by atoms with Gasteiger partial charge < -0.3 is 36.1 Å². The molecule has 8 nitrogen and oxygen atoms in total. The summed E-state index contributed by atoms with van der Waals surface area (Å²) in [5.74, 6) is 1.61. The first-order valence-corrected chi connectivity index (χ1v) is 10.9. The number of hydrogen-bond donors (Lipinski definition) is 4. The van der Waals surface area contributed by atoms with Crippen LogP contribution in [0.4, 0.5) is 0 Å². The Morgan fingerprint density at radius 3 is 2.45 bits per heavy atom. The number of ether oxygens (including phenoxy) is 3. The van der Waals surface area contributed by atoms with Gasteiger partial charge in [0.25, 0.3) is 0 Å². The molecular weight excluding hydrogens is 398 g/mol. The van der Waals surface area contributed by atoms with Gasteiger partial charge in [0.2, 0.25) is 5.91 Å². The quantitative estimate of drug-likeness (QED) is 0.287. The highest BCUT2D eigenvalue weighted by atomic mass is 16.5. The van der Waals surface area contributed by atoms with Crippen molar-refractivity contribution < 1.29 is 24.1 Å². The van der Waals surface area contributed by atoms with Crippen LogP contribution in [0, 0.1) is 11.8 Å². The van der Waals surface area contributed by atoms with Crippen LogP contribution in [-0.4, -0.2) is 63.2 Å². The van der Waals surface area contributed by atoms with Crippen LogP contribution >= 0.6 is 0 Å². The summed E-state index contributed by atoms with van der Waals surface area (Å²) in [4.78, 5) is 11.1. The molecule has 0 aliphatic rings. The van der Waals surface area contributed by atoms with E-state index in [4.69, 9.17) is 25.7 Å². The molecule has 0 spiro atoms. The molecule has 0 saturated heterocycles. The fraction of sp³-hybridized carbons (Fsp3) is 0.696. The Bertz CT molecular complexity index is 656. The number of amides is 1. The molecule has 0 bridgehead atoms. The summed E-state index contributed by atoms with van der Waals surface area (Å²) in [5, 5.41) is 13.3. The lowest BCUT2D eigenvalue weighted by Gasteiger charge is -2.28. The highest BCUT2D eigenvalue weighted by Crippen LogP contribution is 2.31. The van der Waals surface area contributed by atoms with Crippen LogP contribution in [0.1, 0.15) is 39.2 Å². The van der Waals surface area contributed by atoms with Gasteiger partial charge in [0, 0.05) is 32.7 Å². The second kappa shape index (κ2) is 14.2. The van der Waals surface area contributed by atoms with Gasteiger partial charge in [-0.2, -0.15) is 0 Å². The number of nitrogens with one attached hydrogen (secondary N) is 1. The third kappa shape index (κ3) is 9.86. The zero-order valence-corrected chi connectivity index (χ0v) is 19.6. The van der Waals surface area contributed by atoms with Gasteiger partial charge in [0.15, 0.2) is 11.5 Å². The van der Waals surface area contributed by atoms with E-state index < -0.39 is 24.1 Å². The molecule has 4 atom stereocenters. The van der Waals surface area contributed by atoms with Crippen LogP contribution in [0.3, 0.4) is 0 Å². The van der Waals surface area contributed by atoms with Crippen LogP contribution in [-0.2, 0) is 16.0 Å². The summed E-state index contributed by atoms with van der Waals surface area (Å²) < 4.78 is 16.4. The lowest BCUT2D eigenvalue weighted by molar-refractivity contribution is -0.119. The van der Waals surface area contributed by atoms with Gasteiger partial charge >= 0.3 is 0 Å². The second-order valence-corrected chi connectivity index (χ2v) is 8.39. The van der Waals surface area contributed by atoms with E-state index in [0.29, 0.717) is 37.1 Å². The molecule has 0 aliphatic heterocycles. The van der Waals surface area contributed by atoms with E-state index in [0.717, 1.165) is 18.4 Å². The molecule has 0 fully saturated rings. The molecule has 0 aromatic heterocycles. The van der Waals surface area contributed by atoms with Crippen LogP contribution in [0.2, 0.25) is 0 Å². The number of nitrogens with two attached hydrogens (primary N) is 2. The van der Waals surface area contributed by atoms with E-state index in [2.05, 4.69) is 19.2 Å². The summed E-state index contributed by atoms with van der Waals surface area (Å²) in [6.45, 7) is 7.39. The predicted octanol–water partition coefficient (Wildman–Crippen LogP) is 1.47. The normalized spacial score (nSPS) is 15.4. The molecule has 4 unspecified atom stereocenters. The van der Waals surface area contributed by atoms with Gasteiger partial charge in [-0.25, -0.2) is 0 Å². The molecule has 8 heteroatoms. The Balaban J connectivity index is 2.75. The largest absolute Gasteiger partial charge is 0.493 e. The average Bonchev–Trinajstić information content (AvgIpc) is 2.74. The standard InChI is InChI=1S/C23H41N3O5/c1-15(2)18(13-19(24)20(27)14-26-16(3)23(25)28)11-17-7-8-21(30-5)22(12-17)31-10-6-9-29-4/h7-8,12,15-16,18-20,26-27H,6,9-11,13-14,24H2,1-5H3,(H2,25,28). The Morgan fingerprint density at radius 2 is 1.87 bits per heavy atom. The Hall–Kier alpha value is -1.87. The van der Waals surface area contributed by atoms with Crippen molar-refractivity contribution in [3.63, 3.8) is 0 Å². The summed E-state index contributed by atoms with van der Waals surface area (Å²) in [7, 11) is 3.30. The number of rotatable bonds is 16. The van der Waals surface area contributed by atoms with Crippen molar-refractivity contribution in [3.05, 3.63) is 23.8 Å². The fourth-order valence-electron chi connectivity index (χ4n) is 3.30. The smallest absolute Gasteiger partial charge is 0.234 e. The number of hydrogen-bond acceptors (Lipinski definition) is 7. The summed E-state index contributed by atoms with van der Waals surface area (Å²) in [5.41, 5.74) is 12.7. The highest BCUT2D eigenvalue weighted by Gasteiger charge is 2.24. The fourth-order valence-corrected chi connectivity index (χ4v) is 3.30. The lowest BCUT2D eigenvalue weighted by atomic mass is 9.83. The van der Waals surface area contributed by atoms with E-state index in [1.165, 1.54) is 0 Å². The minimum Gasteiger partial charge on any atom is -0.493 e. The molecule has 0 radical (unpaired) electrons. The molecule has 31 heavy (non-hydrogen) atoms. The van der Waals surface area contributed by atoms with Gasteiger partial charge in [-0.15, -0.1) is 0 Å². The van der Waals surface area contributed by atoms with Crippen molar-refractivity contribution in [3.8, 4) is 11.5 Å². The van der Waals surface area contributed by atoms with Gasteiger partial charge in [0.1, 0.15) is 0 Å². The molecule has 6 N–H and O–H groups in total. The number of carbonyl (C=O) groups excluding carboxylic acids is 1. The van der Waals surface area contributed by atoms with E-state index in [-0.39, 0.29) is 12.5 Å². The number of aliphatic hydroxyl groups is 1. The number of aliphatic hydroxyl groups excluding tert-OH is 1. The first kappa shape index (κ1) is 27.2. The Morgan fingerprint density at radius 1 is 1.16 bits per heavy atom.